The van der Waals surface area contributed by atoms with Crippen molar-refractivity contribution in [3.05, 3.63) is 11.7 Å². The number of hydrogen-bond donors (Lipinski definition) is 1. The van der Waals surface area contributed by atoms with Crippen molar-refractivity contribution < 1.29 is 14.1 Å². The fraction of sp³-hybridized carbons (Fsp3) is 0.812. The van der Waals surface area contributed by atoms with Gasteiger partial charge in [-0.25, -0.2) is 0 Å². The zero-order valence-electron chi connectivity index (χ0n) is 13.8. The topological polar surface area (TPSA) is 80.5 Å². The maximum Gasteiger partial charge on any atom is 0.229 e. The number of rotatable bonds is 4. The van der Waals surface area contributed by atoms with Gasteiger partial charge < -0.3 is 19.5 Å². The molecule has 2 saturated heterocycles. The van der Waals surface area contributed by atoms with Crippen LogP contribution < -0.4 is 5.32 Å². The van der Waals surface area contributed by atoms with E-state index in [4.69, 9.17) is 9.26 Å². The second kappa shape index (κ2) is 7.80. The molecule has 2 unspecified atom stereocenters. The Bertz CT molecular complexity index is 557. The number of nitrogens with zero attached hydrogens (tertiary/aromatic N) is 3. The van der Waals surface area contributed by atoms with Crippen molar-refractivity contribution in [1.82, 2.24) is 20.4 Å². The maximum absolute atomic E-state index is 12.5. The second-order valence-electron chi connectivity index (χ2n) is 6.87. The molecular formula is C16H25ClN4O3. The Hall–Kier alpha value is -1.18. The Kier molecular flexibility index (Phi) is 5.73. The number of likely N-dealkylation sites (tertiary alicyclic amines) is 1. The first-order chi connectivity index (χ1) is 11.3. The first-order valence-corrected chi connectivity index (χ1v) is 8.72. The normalized spacial score (nSPS) is 27.6. The van der Waals surface area contributed by atoms with Gasteiger partial charge in [-0.2, -0.15) is 4.98 Å². The maximum atomic E-state index is 12.5. The van der Waals surface area contributed by atoms with E-state index in [0.29, 0.717) is 25.5 Å². The van der Waals surface area contributed by atoms with Crippen molar-refractivity contribution in [3.63, 3.8) is 0 Å². The van der Waals surface area contributed by atoms with Gasteiger partial charge >= 0.3 is 0 Å². The lowest BCUT2D eigenvalue weighted by atomic mass is 9.96. The summed E-state index contributed by atoms with van der Waals surface area (Å²) >= 11 is 0. The van der Waals surface area contributed by atoms with Gasteiger partial charge in [0.25, 0.3) is 0 Å². The molecule has 3 aliphatic rings. The minimum atomic E-state index is 0. The molecule has 0 bridgehead atoms. The summed E-state index contributed by atoms with van der Waals surface area (Å²) < 4.78 is 10.8. The van der Waals surface area contributed by atoms with Crippen LogP contribution in [0.5, 0.6) is 0 Å². The highest BCUT2D eigenvalue weighted by Crippen LogP contribution is 2.39. The van der Waals surface area contributed by atoms with E-state index in [9.17, 15) is 4.79 Å². The number of ether oxygens (including phenoxy) is 1. The van der Waals surface area contributed by atoms with Gasteiger partial charge in [0.1, 0.15) is 0 Å². The highest BCUT2D eigenvalue weighted by Gasteiger charge is 2.33. The Morgan fingerprint density at radius 2 is 2.17 bits per heavy atom. The minimum Gasteiger partial charge on any atom is -0.378 e. The molecule has 1 aromatic heterocycles. The Labute approximate surface area is 147 Å². The molecule has 1 amide bonds. The van der Waals surface area contributed by atoms with Crippen molar-refractivity contribution in [1.29, 1.82) is 0 Å². The molecular weight excluding hydrogens is 332 g/mol. The first-order valence-electron chi connectivity index (χ1n) is 8.72. The zero-order valence-corrected chi connectivity index (χ0v) is 14.6. The molecule has 1 aromatic rings. The average Bonchev–Trinajstić information content (AvgIpc) is 3.33. The molecule has 0 aromatic carbocycles. The van der Waals surface area contributed by atoms with Crippen LogP contribution in [0.1, 0.15) is 55.7 Å². The second-order valence-corrected chi connectivity index (χ2v) is 6.87. The summed E-state index contributed by atoms with van der Waals surface area (Å²) in [5, 5.41) is 7.50. The Morgan fingerprint density at radius 1 is 1.29 bits per heavy atom. The van der Waals surface area contributed by atoms with Gasteiger partial charge in [-0.05, 0) is 25.7 Å². The van der Waals surface area contributed by atoms with Gasteiger partial charge in [-0.1, -0.05) is 5.16 Å². The van der Waals surface area contributed by atoms with Crippen molar-refractivity contribution >= 4 is 18.3 Å². The number of nitrogens with one attached hydrogen (secondary N) is 1. The van der Waals surface area contributed by atoms with Gasteiger partial charge in [0.05, 0.1) is 13.2 Å². The van der Waals surface area contributed by atoms with E-state index in [2.05, 4.69) is 15.5 Å². The molecule has 1 saturated carbocycles. The van der Waals surface area contributed by atoms with Crippen LogP contribution in [0.4, 0.5) is 0 Å². The van der Waals surface area contributed by atoms with Crippen LogP contribution in [0.15, 0.2) is 4.52 Å². The van der Waals surface area contributed by atoms with Crippen molar-refractivity contribution in [2.45, 2.75) is 50.0 Å². The van der Waals surface area contributed by atoms with Gasteiger partial charge in [-0.15, -0.1) is 12.4 Å². The van der Waals surface area contributed by atoms with Gasteiger partial charge in [0, 0.05) is 43.9 Å². The van der Waals surface area contributed by atoms with E-state index in [-0.39, 0.29) is 30.3 Å². The molecule has 3 heterocycles. The first kappa shape index (κ1) is 17.6. The van der Waals surface area contributed by atoms with Crippen LogP contribution in [0.2, 0.25) is 0 Å². The number of halogens is 1. The van der Waals surface area contributed by atoms with Crippen LogP contribution in [0.25, 0.3) is 0 Å². The molecule has 2 aliphatic heterocycles. The predicted octanol–water partition coefficient (Wildman–Crippen LogP) is 1.45. The van der Waals surface area contributed by atoms with Gasteiger partial charge in [0.2, 0.25) is 11.8 Å². The summed E-state index contributed by atoms with van der Waals surface area (Å²) in [7, 11) is 0. The summed E-state index contributed by atoms with van der Waals surface area (Å²) in [6, 6.07) is 0.142. The van der Waals surface area contributed by atoms with Crippen LogP contribution in [-0.2, 0) is 9.53 Å². The quantitative estimate of drug-likeness (QED) is 0.879. The lowest BCUT2D eigenvalue weighted by Crippen LogP contribution is -2.46. The fourth-order valence-corrected chi connectivity index (χ4v) is 3.41. The summed E-state index contributed by atoms with van der Waals surface area (Å²) in [4.78, 5) is 19.0. The third-order valence-corrected chi connectivity index (χ3v) is 4.94. The zero-order chi connectivity index (χ0) is 15.6. The van der Waals surface area contributed by atoms with Crippen LogP contribution in [0, 0.1) is 0 Å². The van der Waals surface area contributed by atoms with Crippen LogP contribution >= 0.6 is 12.4 Å². The van der Waals surface area contributed by atoms with Crippen LogP contribution in [-0.4, -0.2) is 59.8 Å². The molecule has 7 nitrogen and oxygen atoms in total. The van der Waals surface area contributed by atoms with Crippen LogP contribution in [0.3, 0.4) is 0 Å². The molecule has 1 aliphatic carbocycles. The molecule has 2 atom stereocenters. The Balaban J connectivity index is 0.00000169. The Morgan fingerprint density at radius 3 is 2.92 bits per heavy atom. The standard InChI is InChI=1S/C16H24N4O3.ClH/c21-14(8-13-10-22-7-5-17-13)20-6-1-2-12(9-20)15-18-16(23-19-15)11-3-4-11;/h11-13,17H,1-10H2;1H. The summed E-state index contributed by atoms with van der Waals surface area (Å²) in [6.45, 7) is 3.72. The third kappa shape index (κ3) is 4.07. The third-order valence-electron chi connectivity index (χ3n) is 4.94. The number of carbonyl (C=O) groups excluding carboxylic acids is 1. The van der Waals surface area contributed by atoms with Gasteiger partial charge in [-0.3, -0.25) is 4.79 Å². The van der Waals surface area contributed by atoms with E-state index in [0.717, 1.165) is 57.1 Å². The molecule has 3 fully saturated rings. The number of hydrogen-bond acceptors (Lipinski definition) is 6. The number of carbonyl (C=O) groups is 1. The fourth-order valence-electron chi connectivity index (χ4n) is 3.41. The van der Waals surface area contributed by atoms with Crippen molar-refractivity contribution in [2.75, 3.05) is 32.8 Å². The highest BCUT2D eigenvalue weighted by molar-refractivity contribution is 5.85. The summed E-state index contributed by atoms with van der Waals surface area (Å²) in [6.07, 6.45) is 4.85. The lowest BCUT2D eigenvalue weighted by molar-refractivity contribution is -0.133. The monoisotopic (exact) mass is 356 g/mol. The molecule has 4 rings (SSSR count). The summed E-state index contributed by atoms with van der Waals surface area (Å²) in [5.74, 6) is 2.45. The number of morpholine rings is 1. The van der Waals surface area contributed by atoms with E-state index < -0.39 is 0 Å². The number of aromatic nitrogens is 2. The lowest BCUT2D eigenvalue weighted by Gasteiger charge is -2.33. The number of piperidine rings is 1. The van der Waals surface area contributed by atoms with Crippen molar-refractivity contribution in [3.8, 4) is 0 Å². The van der Waals surface area contributed by atoms with E-state index in [1.165, 1.54) is 0 Å². The molecule has 8 heteroatoms. The molecule has 1 N–H and O–H groups in total. The van der Waals surface area contributed by atoms with E-state index in [1.807, 2.05) is 4.90 Å². The highest BCUT2D eigenvalue weighted by atomic mass is 35.5. The number of amides is 1. The molecule has 0 radical (unpaired) electrons. The van der Waals surface area contributed by atoms with Crippen molar-refractivity contribution in [2.24, 2.45) is 0 Å². The van der Waals surface area contributed by atoms with E-state index in [1.54, 1.807) is 0 Å². The van der Waals surface area contributed by atoms with E-state index >= 15 is 0 Å². The smallest absolute Gasteiger partial charge is 0.229 e. The average molecular weight is 357 g/mol. The minimum absolute atomic E-state index is 0. The summed E-state index contributed by atoms with van der Waals surface area (Å²) in [5.41, 5.74) is 0. The van der Waals surface area contributed by atoms with Gasteiger partial charge in [0.15, 0.2) is 5.82 Å². The predicted molar refractivity (Wildman–Crippen MR) is 89.3 cm³/mol. The largest absolute Gasteiger partial charge is 0.378 e. The SMILES string of the molecule is Cl.O=C(CC1COCCN1)N1CCCC(c2noc(C3CC3)n2)C1. The molecule has 134 valence electrons. The molecule has 24 heavy (non-hydrogen) atoms. The molecule has 0 spiro atoms.